The Balaban J connectivity index is 1.88. The molecule has 0 saturated carbocycles. The molecule has 3 rings (SSSR count). The molecular formula is C15H22BClN2O2. The molecule has 0 aliphatic carbocycles. The second-order valence-electron chi connectivity index (χ2n) is 6.86. The number of halogens is 1. The summed E-state index contributed by atoms with van der Waals surface area (Å²) in [4.78, 5) is 6.61. The molecule has 0 unspecified atom stereocenters. The Morgan fingerprint density at radius 1 is 1.14 bits per heavy atom. The van der Waals surface area contributed by atoms with E-state index < -0.39 is 0 Å². The van der Waals surface area contributed by atoms with E-state index in [0.717, 1.165) is 24.2 Å². The van der Waals surface area contributed by atoms with E-state index in [1.165, 1.54) is 12.8 Å². The Morgan fingerprint density at radius 3 is 2.29 bits per heavy atom. The zero-order valence-corrected chi connectivity index (χ0v) is 13.9. The van der Waals surface area contributed by atoms with Gasteiger partial charge in [-0.05, 0) is 46.6 Å². The lowest BCUT2D eigenvalue weighted by Gasteiger charge is -2.32. The quantitative estimate of drug-likeness (QED) is 0.621. The standard InChI is InChI=1S/C15H22BClN2O2/c1-14(2)15(3,4)21-16(20-14)11-9-12(13(17)18-10-11)19-7-5-6-8-19/h9-10H,5-8H2,1-4H3. The molecule has 21 heavy (non-hydrogen) atoms. The summed E-state index contributed by atoms with van der Waals surface area (Å²) in [7, 11) is -0.388. The highest BCUT2D eigenvalue weighted by Gasteiger charge is 2.52. The minimum atomic E-state index is -0.388. The Labute approximate surface area is 131 Å². The lowest BCUT2D eigenvalue weighted by Crippen LogP contribution is -2.41. The number of pyridine rings is 1. The van der Waals surface area contributed by atoms with Crippen molar-refractivity contribution in [2.45, 2.75) is 51.7 Å². The van der Waals surface area contributed by atoms with E-state index in [1.807, 2.05) is 0 Å². The summed E-state index contributed by atoms with van der Waals surface area (Å²) in [5.74, 6) is 0. The van der Waals surface area contributed by atoms with E-state index in [4.69, 9.17) is 20.9 Å². The maximum atomic E-state index is 6.26. The number of hydrogen-bond acceptors (Lipinski definition) is 4. The summed E-state index contributed by atoms with van der Waals surface area (Å²) in [5.41, 5.74) is 1.23. The molecule has 0 amide bonds. The fourth-order valence-corrected chi connectivity index (χ4v) is 2.96. The normalized spacial score (nSPS) is 23.9. The molecule has 1 aromatic rings. The van der Waals surface area contributed by atoms with Crippen LogP contribution in [-0.2, 0) is 9.31 Å². The van der Waals surface area contributed by atoms with Crippen molar-refractivity contribution in [3.05, 3.63) is 17.4 Å². The van der Waals surface area contributed by atoms with Crippen LogP contribution in [0.1, 0.15) is 40.5 Å². The number of hydrogen-bond donors (Lipinski definition) is 0. The van der Waals surface area contributed by atoms with Crippen LogP contribution in [0, 0.1) is 0 Å². The van der Waals surface area contributed by atoms with E-state index in [1.54, 1.807) is 6.20 Å². The molecule has 2 fully saturated rings. The monoisotopic (exact) mass is 308 g/mol. The molecule has 0 atom stereocenters. The summed E-state index contributed by atoms with van der Waals surface area (Å²) in [6.45, 7) is 10.3. The number of anilines is 1. The molecule has 2 aliphatic heterocycles. The third-order valence-corrected chi connectivity index (χ3v) is 5.11. The predicted molar refractivity (Wildman–Crippen MR) is 86.4 cm³/mol. The van der Waals surface area contributed by atoms with Gasteiger partial charge in [0.05, 0.1) is 16.9 Å². The topological polar surface area (TPSA) is 34.6 Å². The van der Waals surface area contributed by atoms with Crippen molar-refractivity contribution in [3.8, 4) is 0 Å². The van der Waals surface area contributed by atoms with Crippen LogP contribution in [0.15, 0.2) is 12.3 Å². The summed E-state index contributed by atoms with van der Waals surface area (Å²) in [6, 6.07) is 2.06. The molecule has 4 nitrogen and oxygen atoms in total. The van der Waals surface area contributed by atoms with E-state index in [-0.39, 0.29) is 18.3 Å². The molecule has 114 valence electrons. The molecule has 1 aromatic heterocycles. The molecule has 0 radical (unpaired) electrons. The van der Waals surface area contributed by atoms with Crippen LogP contribution in [0.3, 0.4) is 0 Å². The third kappa shape index (κ3) is 2.67. The Kier molecular flexibility index (Phi) is 3.71. The molecule has 0 aromatic carbocycles. The van der Waals surface area contributed by atoms with Crippen molar-refractivity contribution >= 4 is 29.9 Å². The first kappa shape index (κ1) is 15.1. The highest BCUT2D eigenvalue weighted by Crippen LogP contribution is 2.37. The van der Waals surface area contributed by atoms with Crippen molar-refractivity contribution in [1.82, 2.24) is 4.98 Å². The minimum Gasteiger partial charge on any atom is -0.399 e. The van der Waals surface area contributed by atoms with Crippen LogP contribution in [0.25, 0.3) is 0 Å². The van der Waals surface area contributed by atoms with Crippen LogP contribution in [0.4, 0.5) is 5.69 Å². The first-order valence-corrected chi connectivity index (χ1v) is 7.94. The second kappa shape index (κ2) is 5.15. The van der Waals surface area contributed by atoms with Gasteiger partial charge in [0.2, 0.25) is 0 Å². The molecule has 0 bridgehead atoms. The van der Waals surface area contributed by atoms with Crippen LogP contribution >= 0.6 is 11.6 Å². The number of aromatic nitrogens is 1. The number of rotatable bonds is 2. The van der Waals surface area contributed by atoms with Gasteiger partial charge in [-0.25, -0.2) is 4.98 Å². The van der Waals surface area contributed by atoms with Crippen LogP contribution in [0.5, 0.6) is 0 Å². The Hall–Kier alpha value is -0.775. The maximum absolute atomic E-state index is 6.26. The first-order valence-electron chi connectivity index (χ1n) is 7.56. The van der Waals surface area contributed by atoms with Gasteiger partial charge < -0.3 is 14.2 Å². The molecule has 2 aliphatic rings. The average Bonchev–Trinajstić information content (AvgIpc) is 2.97. The Bertz CT molecular complexity index is 528. The van der Waals surface area contributed by atoms with Gasteiger partial charge >= 0.3 is 7.12 Å². The Morgan fingerprint density at radius 2 is 1.71 bits per heavy atom. The van der Waals surface area contributed by atoms with Gasteiger partial charge in [-0.3, -0.25) is 0 Å². The average molecular weight is 309 g/mol. The minimum absolute atomic E-state index is 0.342. The molecule has 3 heterocycles. The van der Waals surface area contributed by atoms with Crippen LogP contribution in [0.2, 0.25) is 5.15 Å². The highest BCUT2D eigenvalue weighted by atomic mass is 35.5. The van der Waals surface area contributed by atoms with E-state index in [9.17, 15) is 0 Å². The fraction of sp³-hybridized carbons (Fsp3) is 0.667. The van der Waals surface area contributed by atoms with Crippen molar-refractivity contribution in [2.75, 3.05) is 18.0 Å². The van der Waals surface area contributed by atoms with E-state index >= 15 is 0 Å². The largest absolute Gasteiger partial charge is 0.496 e. The highest BCUT2D eigenvalue weighted by molar-refractivity contribution is 6.62. The molecular weight excluding hydrogens is 286 g/mol. The molecule has 0 spiro atoms. The van der Waals surface area contributed by atoms with Gasteiger partial charge in [-0.2, -0.15) is 0 Å². The lowest BCUT2D eigenvalue weighted by molar-refractivity contribution is 0.00578. The molecule has 0 N–H and O–H groups in total. The summed E-state index contributed by atoms with van der Waals surface area (Å²) in [6.07, 6.45) is 4.16. The van der Waals surface area contributed by atoms with Gasteiger partial charge in [0.15, 0.2) is 5.15 Å². The predicted octanol–water partition coefficient (Wildman–Crippen LogP) is 2.63. The van der Waals surface area contributed by atoms with Gasteiger partial charge in [0.1, 0.15) is 0 Å². The van der Waals surface area contributed by atoms with Gasteiger partial charge in [0, 0.05) is 24.7 Å². The SMILES string of the molecule is CC1(C)OB(c2cnc(Cl)c(N3CCCC3)c2)OC1(C)C. The first-order chi connectivity index (χ1) is 9.80. The van der Waals surface area contributed by atoms with Crippen molar-refractivity contribution in [2.24, 2.45) is 0 Å². The van der Waals surface area contributed by atoms with E-state index in [2.05, 4.69) is 43.6 Å². The summed E-state index contributed by atoms with van der Waals surface area (Å²) in [5, 5.41) is 0.553. The zero-order chi connectivity index (χ0) is 15.3. The summed E-state index contributed by atoms with van der Waals surface area (Å²) < 4.78 is 12.2. The maximum Gasteiger partial charge on any atom is 0.496 e. The lowest BCUT2D eigenvalue weighted by atomic mass is 9.80. The van der Waals surface area contributed by atoms with Crippen molar-refractivity contribution in [3.63, 3.8) is 0 Å². The molecule has 6 heteroatoms. The van der Waals surface area contributed by atoms with Gasteiger partial charge in [-0.15, -0.1) is 0 Å². The smallest absolute Gasteiger partial charge is 0.399 e. The van der Waals surface area contributed by atoms with Gasteiger partial charge in [0.25, 0.3) is 0 Å². The van der Waals surface area contributed by atoms with E-state index in [0.29, 0.717) is 5.15 Å². The molecule has 2 saturated heterocycles. The van der Waals surface area contributed by atoms with Crippen molar-refractivity contribution < 1.29 is 9.31 Å². The van der Waals surface area contributed by atoms with Crippen molar-refractivity contribution in [1.29, 1.82) is 0 Å². The van der Waals surface area contributed by atoms with Crippen LogP contribution in [-0.4, -0.2) is 36.4 Å². The van der Waals surface area contributed by atoms with Gasteiger partial charge in [-0.1, -0.05) is 11.6 Å². The second-order valence-corrected chi connectivity index (χ2v) is 7.22. The van der Waals surface area contributed by atoms with Crippen LogP contribution < -0.4 is 10.4 Å². The fourth-order valence-electron chi connectivity index (χ4n) is 2.74. The summed E-state index contributed by atoms with van der Waals surface area (Å²) >= 11 is 6.26. The third-order valence-electron chi connectivity index (χ3n) is 4.81. The zero-order valence-electron chi connectivity index (χ0n) is 13.1. The number of nitrogens with zero attached hydrogens (tertiary/aromatic N) is 2.